The van der Waals surface area contributed by atoms with Gasteiger partial charge in [-0.25, -0.2) is 0 Å². The van der Waals surface area contributed by atoms with Crippen molar-refractivity contribution >= 4 is 0 Å². The lowest BCUT2D eigenvalue weighted by atomic mass is 10.3. The summed E-state index contributed by atoms with van der Waals surface area (Å²) in [5.74, 6) is 0. The number of halogens is 3. The molecule has 0 bridgehead atoms. The van der Waals surface area contributed by atoms with Crippen LogP contribution < -0.4 is 5.56 Å². The normalized spacial score (nSPS) is 13.9. The highest BCUT2D eigenvalue weighted by Gasteiger charge is 2.38. The van der Waals surface area contributed by atoms with Crippen LogP contribution in [0.3, 0.4) is 0 Å². The summed E-state index contributed by atoms with van der Waals surface area (Å²) in [5, 5.41) is 8.77. The molecule has 6 heteroatoms. The molecule has 15 heavy (non-hydrogen) atoms. The van der Waals surface area contributed by atoms with Crippen LogP contribution in [0.1, 0.15) is 5.56 Å². The minimum Gasteiger partial charge on any atom is -0.382 e. The van der Waals surface area contributed by atoms with Crippen molar-refractivity contribution in [3.05, 3.63) is 34.2 Å². The van der Waals surface area contributed by atoms with Gasteiger partial charge in [0, 0.05) is 12.3 Å². The van der Waals surface area contributed by atoms with E-state index in [1.807, 2.05) is 0 Å². The molecular formula is C9H10F3NO2. The summed E-state index contributed by atoms with van der Waals surface area (Å²) in [6.07, 6.45) is -5.95. The van der Waals surface area contributed by atoms with E-state index in [-0.39, 0.29) is 0 Å². The number of hydrogen-bond acceptors (Lipinski definition) is 2. The van der Waals surface area contributed by atoms with Crippen molar-refractivity contribution in [2.24, 2.45) is 0 Å². The maximum absolute atomic E-state index is 12.0. The quantitative estimate of drug-likeness (QED) is 0.812. The molecule has 1 aromatic rings. The van der Waals surface area contributed by atoms with Crippen molar-refractivity contribution in [2.75, 3.05) is 0 Å². The molecule has 1 aromatic heterocycles. The monoisotopic (exact) mass is 221 g/mol. The zero-order valence-electron chi connectivity index (χ0n) is 7.95. The van der Waals surface area contributed by atoms with E-state index in [0.29, 0.717) is 5.56 Å². The first-order valence-corrected chi connectivity index (χ1v) is 4.22. The average Bonchev–Trinajstić information content (AvgIpc) is 2.09. The minimum atomic E-state index is -4.71. The number of pyridine rings is 1. The Hall–Kier alpha value is -1.30. The van der Waals surface area contributed by atoms with E-state index in [4.69, 9.17) is 5.11 Å². The van der Waals surface area contributed by atoms with Gasteiger partial charge in [-0.1, -0.05) is 6.07 Å². The van der Waals surface area contributed by atoms with Gasteiger partial charge < -0.3 is 9.67 Å². The van der Waals surface area contributed by atoms with Crippen molar-refractivity contribution in [1.29, 1.82) is 0 Å². The van der Waals surface area contributed by atoms with Gasteiger partial charge in [-0.2, -0.15) is 13.2 Å². The molecule has 0 unspecified atom stereocenters. The molecule has 0 aliphatic carbocycles. The number of alkyl halides is 3. The molecule has 1 N–H and O–H groups in total. The van der Waals surface area contributed by atoms with Crippen LogP contribution in [0.4, 0.5) is 13.2 Å². The number of aryl methyl sites for hydroxylation is 1. The van der Waals surface area contributed by atoms with E-state index in [9.17, 15) is 18.0 Å². The molecule has 0 fully saturated rings. The maximum atomic E-state index is 12.0. The molecule has 0 saturated heterocycles. The molecule has 84 valence electrons. The van der Waals surface area contributed by atoms with Crippen molar-refractivity contribution in [1.82, 2.24) is 4.57 Å². The Morgan fingerprint density at radius 2 is 2.07 bits per heavy atom. The number of nitrogens with zero attached hydrogens (tertiary/aromatic N) is 1. The molecule has 0 aromatic carbocycles. The van der Waals surface area contributed by atoms with Gasteiger partial charge in [0.2, 0.25) is 0 Å². The molecular weight excluding hydrogens is 211 g/mol. The van der Waals surface area contributed by atoms with Crippen LogP contribution >= 0.6 is 0 Å². The summed E-state index contributed by atoms with van der Waals surface area (Å²) >= 11 is 0. The number of aliphatic hydroxyl groups excluding tert-OH is 1. The van der Waals surface area contributed by atoms with Crippen LogP contribution in [0.25, 0.3) is 0 Å². The predicted molar refractivity (Wildman–Crippen MR) is 47.5 cm³/mol. The van der Waals surface area contributed by atoms with Crippen molar-refractivity contribution in [2.45, 2.75) is 25.7 Å². The van der Waals surface area contributed by atoms with Crippen LogP contribution in [0.2, 0.25) is 0 Å². The van der Waals surface area contributed by atoms with Crippen LogP contribution in [0.5, 0.6) is 0 Å². The van der Waals surface area contributed by atoms with Crippen molar-refractivity contribution < 1.29 is 18.3 Å². The maximum Gasteiger partial charge on any atom is 0.416 e. The summed E-state index contributed by atoms with van der Waals surface area (Å²) in [5.41, 5.74) is 0.0906. The van der Waals surface area contributed by atoms with Crippen LogP contribution in [-0.4, -0.2) is 22.0 Å². The van der Waals surface area contributed by atoms with E-state index >= 15 is 0 Å². The van der Waals surface area contributed by atoms with E-state index in [0.717, 1.165) is 4.57 Å². The molecule has 1 heterocycles. The van der Waals surface area contributed by atoms with Gasteiger partial charge in [0.05, 0.1) is 6.54 Å². The molecule has 0 saturated carbocycles. The smallest absolute Gasteiger partial charge is 0.382 e. The standard InChI is InChI=1S/C9H10F3NO2/c1-6-2-3-8(15)13(4-6)5-7(14)9(10,11)12/h2-4,7,14H,5H2,1H3/t7-/m0/s1. The third-order valence-electron chi connectivity index (χ3n) is 1.88. The summed E-state index contributed by atoms with van der Waals surface area (Å²) in [4.78, 5) is 11.1. The SMILES string of the molecule is Cc1ccc(=O)n(C[C@H](O)C(F)(F)F)c1. The fourth-order valence-corrected chi connectivity index (χ4v) is 1.08. The lowest BCUT2D eigenvalue weighted by Crippen LogP contribution is -2.36. The third kappa shape index (κ3) is 3.09. The number of hydrogen-bond donors (Lipinski definition) is 1. The molecule has 1 atom stereocenters. The van der Waals surface area contributed by atoms with Gasteiger partial charge in [-0.15, -0.1) is 0 Å². The van der Waals surface area contributed by atoms with Gasteiger partial charge in [0.15, 0.2) is 6.10 Å². The second-order valence-electron chi connectivity index (χ2n) is 3.25. The molecule has 3 nitrogen and oxygen atoms in total. The molecule has 0 aliphatic rings. The Balaban J connectivity index is 2.90. The average molecular weight is 221 g/mol. The molecule has 0 amide bonds. The number of rotatable bonds is 2. The lowest BCUT2D eigenvalue weighted by Gasteiger charge is -2.15. The summed E-state index contributed by atoms with van der Waals surface area (Å²) < 4.78 is 36.8. The van der Waals surface area contributed by atoms with Crippen LogP contribution in [0, 0.1) is 6.92 Å². The Morgan fingerprint density at radius 1 is 1.47 bits per heavy atom. The van der Waals surface area contributed by atoms with Crippen LogP contribution in [0.15, 0.2) is 23.1 Å². The van der Waals surface area contributed by atoms with E-state index in [2.05, 4.69) is 0 Å². The topological polar surface area (TPSA) is 42.2 Å². The number of aromatic nitrogens is 1. The Morgan fingerprint density at radius 3 is 2.60 bits per heavy atom. The van der Waals surface area contributed by atoms with Gasteiger partial charge in [-0.3, -0.25) is 4.79 Å². The Labute approximate surface area is 83.8 Å². The molecule has 1 rings (SSSR count). The molecule has 0 aliphatic heterocycles. The highest BCUT2D eigenvalue weighted by atomic mass is 19.4. The second kappa shape index (κ2) is 4.06. The Kier molecular flexibility index (Phi) is 3.18. The highest BCUT2D eigenvalue weighted by Crippen LogP contribution is 2.20. The minimum absolute atomic E-state index is 0.566. The zero-order chi connectivity index (χ0) is 11.6. The second-order valence-corrected chi connectivity index (χ2v) is 3.25. The van der Waals surface area contributed by atoms with Crippen LogP contribution in [-0.2, 0) is 6.54 Å². The van der Waals surface area contributed by atoms with Gasteiger partial charge in [0.25, 0.3) is 5.56 Å². The highest BCUT2D eigenvalue weighted by molar-refractivity contribution is 5.07. The zero-order valence-corrected chi connectivity index (χ0v) is 7.95. The molecule has 0 spiro atoms. The summed E-state index contributed by atoms with van der Waals surface area (Å²) in [6.45, 7) is 0.875. The fourth-order valence-electron chi connectivity index (χ4n) is 1.08. The first-order valence-electron chi connectivity index (χ1n) is 4.22. The summed E-state index contributed by atoms with van der Waals surface area (Å²) in [6, 6.07) is 2.66. The van der Waals surface area contributed by atoms with Gasteiger partial charge >= 0.3 is 6.18 Å². The third-order valence-corrected chi connectivity index (χ3v) is 1.88. The van der Waals surface area contributed by atoms with Crippen molar-refractivity contribution in [3.63, 3.8) is 0 Å². The van der Waals surface area contributed by atoms with E-state index in [1.54, 1.807) is 6.92 Å². The Bertz CT molecular complexity index is 397. The molecule has 0 radical (unpaired) electrons. The van der Waals surface area contributed by atoms with E-state index in [1.165, 1.54) is 18.3 Å². The lowest BCUT2D eigenvalue weighted by molar-refractivity contribution is -0.207. The van der Waals surface area contributed by atoms with Gasteiger partial charge in [0.1, 0.15) is 0 Å². The fraction of sp³-hybridized carbons (Fsp3) is 0.444. The first kappa shape index (κ1) is 11.8. The predicted octanol–water partition coefficient (Wildman–Crippen LogP) is 1.08. The summed E-state index contributed by atoms with van der Waals surface area (Å²) in [7, 11) is 0. The van der Waals surface area contributed by atoms with Crippen molar-refractivity contribution in [3.8, 4) is 0 Å². The number of aliphatic hydroxyl groups is 1. The van der Waals surface area contributed by atoms with E-state index < -0.39 is 24.4 Å². The first-order chi connectivity index (χ1) is 6.80. The largest absolute Gasteiger partial charge is 0.416 e. The van der Waals surface area contributed by atoms with Gasteiger partial charge in [-0.05, 0) is 12.5 Å².